The number of anilines is 2. The van der Waals surface area contributed by atoms with Gasteiger partial charge in [-0.2, -0.15) is 0 Å². The molecule has 1 aromatic rings. The van der Waals surface area contributed by atoms with Crippen LogP contribution in [0.3, 0.4) is 0 Å². The number of amides is 2. The van der Waals surface area contributed by atoms with Gasteiger partial charge in [0.05, 0.1) is 0 Å². The topological polar surface area (TPSA) is 84.2 Å². The molecule has 0 fully saturated rings. The van der Waals surface area contributed by atoms with E-state index in [-0.39, 0.29) is 29.7 Å². The molecule has 0 saturated heterocycles. The van der Waals surface area contributed by atoms with Crippen molar-refractivity contribution in [1.82, 2.24) is 0 Å². The first kappa shape index (κ1) is 16.2. The van der Waals surface area contributed by atoms with Crippen molar-refractivity contribution in [2.45, 2.75) is 40.2 Å². The van der Waals surface area contributed by atoms with E-state index in [0.29, 0.717) is 11.4 Å². The normalized spacial score (nSPS) is 12.7. The smallest absolute Gasteiger partial charge is 0.225 e. The Morgan fingerprint density at radius 1 is 1.20 bits per heavy atom. The van der Waals surface area contributed by atoms with Crippen LogP contribution in [-0.4, -0.2) is 17.9 Å². The van der Waals surface area contributed by atoms with Gasteiger partial charge in [-0.05, 0) is 23.6 Å². The molecular weight excluding hydrogens is 254 g/mol. The van der Waals surface area contributed by atoms with Gasteiger partial charge in [0.15, 0.2) is 0 Å². The first-order valence-corrected chi connectivity index (χ1v) is 6.61. The molecule has 5 heteroatoms. The molecular formula is C15H23N3O2. The molecule has 110 valence electrons. The second-order valence-electron chi connectivity index (χ2n) is 5.99. The van der Waals surface area contributed by atoms with Crippen molar-refractivity contribution in [2.75, 3.05) is 10.6 Å². The molecule has 1 unspecified atom stereocenters. The van der Waals surface area contributed by atoms with Crippen LogP contribution >= 0.6 is 0 Å². The number of hydrogen-bond donors (Lipinski definition) is 3. The average molecular weight is 277 g/mol. The Kier molecular flexibility index (Phi) is 5.27. The summed E-state index contributed by atoms with van der Waals surface area (Å²) in [6, 6.07) is 6.80. The fourth-order valence-corrected chi connectivity index (χ4v) is 1.60. The minimum Gasteiger partial charge on any atom is -0.327 e. The van der Waals surface area contributed by atoms with Gasteiger partial charge >= 0.3 is 0 Å². The third-order valence-corrected chi connectivity index (χ3v) is 2.98. The highest BCUT2D eigenvalue weighted by Gasteiger charge is 2.23. The number of benzene rings is 1. The predicted octanol–water partition coefficient (Wildman–Crippen LogP) is 2.35. The first-order chi connectivity index (χ1) is 9.18. The van der Waals surface area contributed by atoms with E-state index in [1.165, 1.54) is 6.92 Å². The van der Waals surface area contributed by atoms with Crippen LogP contribution in [0.4, 0.5) is 11.4 Å². The van der Waals surface area contributed by atoms with E-state index < -0.39 is 0 Å². The van der Waals surface area contributed by atoms with Crippen molar-refractivity contribution in [2.24, 2.45) is 11.1 Å². The minimum atomic E-state index is -0.207. The summed E-state index contributed by atoms with van der Waals surface area (Å²) in [6.07, 6.45) is 0.258. The van der Waals surface area contributed by atoms with Gasteiger partial charge < -0.3 is 16.4 Å². The molecule has 0 radical (unpaired) electrons. The quantitative estimate of drug-likeness (QED) is 0.789. The Balaban J connectivity index is 2.64. The Labute approximate surface area is 119 Å². The SMILES string of the molecule is CC(=O)Nc1cccc(NC(=O)CC(N)C(C)(C)C)c1. The highest BCUT2D eigenvalue weighted by Crippen LogP contribution is 2.21. The Morgan fingerprint density at radius 2 is 1.75 bits per heavy atom. The maximum Gasteiger partial charge on any atom is 0.225 e. The zero-order valence-electron chi connectivity index (χ0n) is 12.5. The minimum absolute atomic E-state index is 0.116. The van der Waals surface area contributed by atoms with E-state index in [2.05, 4.69) is 10.6 Å². The number of carbonyl (C=O) groups is 2. The van der Waals surface area contributed by atoms with Gasteiger partial charge in [0.2, 0.25) is 11.8 Å². The second kappa shape index (κ2) is 6.52. The largest absolute Gasteiger partial charge is 0.327 e. The summed E-state index contributed by atoms with van der Waals surface area (Å²) >= 11 is 0. The van der Waals surface area contributed by atoms with Crippen molar-refractivity contribution in [1.29, 1.82) is 0 Å². The fourth-order valence-electron chi connectivity index (χ4n) is 1.60. The van der Waals surface area contributed by atoms with Crippen LogP contribution in [-0.2, 0) is 9.59 Å². The number of carbonyl (C=O) groups excluding carboxylic acids is 2. The third kappa shape index (κ3) is 5.40. The van der Waals surface area contributed by atoms with Crippen LogP contribution in [0, 0.1) is 5.41 Å². The van der Waals surface area contributed by atoms with Crippen LogP contribution < -0.4 is 16.4 Å². The number of rotatable bonds is 4. The summed E-state index contributed by atoms with van der Waals surface area (Å²) in [7, 11) is 0. The molecule has 1 rings (SSSR count). The molecule has 0 aliphatic heterocycles. The van der Waals surface area contributed by atoms with Gasteiger partial charge in [0.1, 0.15) is 0 Å². The molecule has 0 aliphatic carbocycles. The highest BCUT2D eigenvalue weighted by molar-refractivity contribution is 5.93. The lowest BCUT2D eigenvalue weighted by Gasteiger charge is -2.26. The predicted molar refractivity (Wildman–Crippen MR) is 81.4 cm³/mol. The van der Waals surface area contributed by atoms with Gasteiger partial charge in [0.25, 0.3) is 0 Å². The summed E-state index contributed by atoms with van der Waals surface area (Å²) in [5, 5.41) is 5.46. The molecule has 1 atom stereocenters. The number of nitrogens with two attached hydrogens (primary N) is 1. The lowest BCUT2D eigenvalue weighted by molar-refractivity contribution is -0.117. The molecule has 4 N–H and O–H groups in total. The maximum atomic E-state index is 11.9. The molecule has 5 nitrogen and oxygen atoms in total. The zero-order chi connectivity index (χ0) is 15.3. The third-order valence-electron chi connectivity index (χ3n) is 2.98. The van der Waals surface area contributed by atoms with Gasteiger partial charge in [-0.25, -0.2) is 0 Å². The molecule has 0 aromatic heterocycles. The standard InChI is InChI=1S/C15H23N3O2/c1-10(19)17-11-6-5-7-12(8-11)18-14(20)9-13(16)15(2,3)4/h5-8,13H,9,16H2,1-4H3,(H,17,19)(H,18,20). The fraction of sp³-hybridized carbons (Fsp3) is 0.467. The van der Waals surface area contributed by atoms with Crippen molar-refractivity contribution in [3.05, 3.63) is 24.3 Å². The van der Waals surface area contributed by atoms with Gasteiger partial charge in [-0.15, -0.1) is 0 Å². The summed E-state index contributed by atoms with van der Waals surface area (Å²) in [4.78, 5) is 22.9. The summed E-state index contributed by atoms with van der Waals surface area (Å²) in [5.41, 5.74) is 7.16. The van der Waals surface area contributed by atoms with E-state index in [1.807, 2.05) is 20.8 Å². The van der Waals surface area contributed by atoms with Crippen LogP contribution in [0.25, 0.3) is 0 Å². The Hall–Kier alpha value is -1.88. The molecule has 0 bridgehead atoms. The van der Waals surface area contributed by atoms with Crippen molar-refractivity contribution in [3.63, 3.8) is 0 Å². The summed E-state index contributed by atoms with van der Waals surface area (Å²) in [5.74, 6) is -0.282. The molecule has 20 heavy (non-hydrogen) atoms. The van der Waals surface area contributed by atoms with E-state index in [1.54, 1.807) is 24.3 Å². The maximum absolute atomic E-state index is 11.9. The lowest BCUT2D eigenvalue weighted by Crippen LogP contribution is -2.38. The molecule has 0 spiro atoms. The van der Waals surface area contributed by atoms with E-state index in [9.17, 15) is 9.59 Å². The Bertz CT molecular complexity index is 492. The van der Waals surface area contributed by atoms with Crippen LogP contribution in [0.1, 0.15) is 34.1 Å². The van der Waals surface area contributed by atoms with Crippen LogP contribution in [0.5, 0.6) is 0 Å². The molecule has 2 amide bonds. The monoisotopic (exact) mass is 277 g/mol. The summed E-state index contributed by atoms with van der Waals surface area (Å²) < 4.78 is 0. The first-order valence-electron chi connectivity index (χ1n) is 6.61. The van der Waals surface area contributed by atoms with E-state index in [0.717, 1.165) is 0 Å². The van der Waals surface area contributed by atoms with Crippen LogP contribution in [0.2, 0.25) is 0 Å². The average Bonchev–Trinajstić information content (AvgIpc) is 2.26. The molecule has 0 saturated carbocycles. The van der Waals surface area contributed by atoms with Crippen molar-refractivity contribution >= 4 is 23.2 Å². The number of nitrogens with one attached hydrogen (secondary N) is 2. The van der Waals surface area contributed by atoms with Crippen molar-refractivity contribution < 1.29 is 9.59 Å². The summed E-state index contributed by atoms with van der Waals surface area (Å²) in [6.45, 7) is 7.45. The van der Waals surface area contributed by atoms with E-state index in [4.69, 9.17) is 5.73 Å². The highest BCUT2D eigenvalue weighted by atomic mass is 16.2. The van der Waals surface area contributed by atoms with Gasteiger partial charge in [-0.3, -0.25) is 9.59 Å². The molecule has 1 aromatic carbocycles. The number of hydrogen-bond acceptors (Lipinski definition) is 3. The molecule has 0 aliphatic rings. The molecule has 0 heterocycles. The van der Waals surface area contributed by atoms with Crippen molar-refractivity contribution in [3.8, 4) is 0 Å². The van der Waals surface area contributed by atoms with E-state index >= 15 is 0 Å². The van der Waals surface area contributed by atoms with Gasteiger partial charge in [0, 0.05) is 30.8 Å². The lowest BCUT2D eigenvalue weighted by atomic mass is 9.85. The van der Waals surface area contributed by atoms with Gasteiger partial charge in [-0.1, -0.05) is 26.8 Å². The van der Waals surface area contributed by atoms with Crippen LogP contribution in [0.15, 0.2) is 24.3 Å². The zero-order valence-corrected chi connectivity index (χ0v) is 12.5. The second-order valence-corrected chi connectivity index (χ2v) is 5.99. The Morgan fingerprint density at radius 3 is 2.25 bits per heavy atom.